The normalized spacial score (nSPS) is 11.7. The number of nitrogens with two attached hydrogens (primary N) is 1. The third kappa shape index (κ3) is 11.4. The van der Waals surface area contributed by atoms with Crippen LogP contribution in [0.5, 0.6) is 5.75 Å². The second-order valence-electron chi connectivity index (χ2n) is 7.86. The Kier molecular flexibility index (Phi) is 13.2. The van der Waals surface area contributed by atoms with Crippen LogP contribution >= 0.6 is 0 Å². The number of hydrogen-bond acceptors (Lipinski definition) is 4. The lowest BCUT2D eigenvalue weighted by Gasteiger charge is -2.24. The van der Waals surface area contributed by atoms with Crippen LogP contribution in [0.15, 0.2) is 24.3 Å². The first-order chi connectivity index (χ1) is 13.1. The van der Waals surface area contributed by atoms with Crippen molar-refractivity contribution in [2.24, 2.45) is 5.73 Å². The Balaban J connectivity index is 2.14. The molecule has 0 aliphatic heterocycles. The number of rotatable bonds is 17. The van der Waals surface area contributed by atoms with Gasteiger partial charge in [0.25, 0.3) is 0 Å². The molecule has 0 spiro atoms. The molecule has 4 N–H and O–H groups in total. The van der Waals surface area contributed by atoms with Gasteiger partial charge in [0.15, 0.2) is 0 Å². The zero-order chi connectivity index (χ0) is 19.8. The standard InChI is InChI=1S/C23H41NO3/c1-2-3-4-5-6-7-8-9-10-17-27-22-15-11-13-21(18-22)14-12-16-23(24,19-25)20-26/h11,13,15,18,25-26H,2-10,12,14,16-17,19-20,24H2,1H3. The highest BCUT2D eigenvalue weighted by atomic mass is 16.5. The molecule has 4 heteroatoms. The molecule has 0 saturated heterocycles. The van der Waals surface area contributed by atoms with Crippen LogP contribution in [0.1, 0.15) is 83.1 Å². The molecule has 1 aromatic rings. The quantitative estimate of drug-likeness (QED) is 0.346. The highest BCUT2D eigenvalue weighted by Gasteiger charge is 2.22. The summed E-state index contributed by atoms with van der Waals surface area (Å²) in [7, 11) is 0. The average molecular weight is 380 g/mol. The minimum absolute atomic E-state index is 0.189. The van der Waals surface area contributed by atoms with Crippen molar-refractivity contribution in [1.29, 1.82) is 0 Å². The van der Waals surface area contributed by atoms with Crippen LogP contribution in [0, 0.1) is 0 Å². The van der Waals surface area contributed by atoms with E-state index in [0.29, 0.717) is 6.42 Å². The smallest absolute Gasteiger partial charge is 0.119 e. The van der Waals surface area contributed by atoms with Crippen molar-refractivity contribution < 1.29 is 14.9 Å². The van der Waals surface area contributed by atoms with Crippen LogP contribution in [0.4, 0.5) is 0 Å². The fourth-order valence-electron chi connectivity index (χ4n) is 3.25. The van der Waals surface area contributed by atoms with Crippen molar-refractivity contribution in [2.45, 2.75) is 89.5 Å². The lowest BCUT2D eigenvalue weighted by atomic mass is 9.94. The molecule has 27 heavy (non-hydrogen) atoms. The summed E-state index contributed by atoms with van der Waals surface area (Å²) in [5.41, 5.74) is 6.25. The van der Waals surface area contributed by atoms with E-state index in [0.717, 1.165) is 31.6 Å². The molecule has 156 valence electrons. The fraction of sp³-hybridized carbons (Fsp3) is 0.739. The Morgan fingerprint density at radius 1 is 0.889 bits per heavy atom. The van der Waals surface area contributed by atoms with Crippen molar-refractivity contribution >= 4 is 0 Å². The highest BCUT2D eigenvalue weighted by Crippen LogP contribution is 2.18. The van der Waals surface area contributed by atoms with Crippen LogP contribution in [0.3, 0.4) is 0 Å². The fourth-order valence-corrected chi connectivity index (χ4v) is 3.25. The van der Waals surface area contributed by atoms with E-state index in [9.17, 15) is 10.2 Å². The zero-order valence-corrected chi connectivity index (χ0v) is 17.3. The van der Waals surface area contributed by atoms with Gasteiger partial charge in [-0.3, -0.25) is 0 Å². The summed E-state index contributed by atoms with van der Waals surface area (Å²) >= 11 is 0. The Morgan fingerprint density at radius 2 is 1.52 bits per heavy atom. The van der Waals surface area contributed by atoms with Crippen LogP contribution in [0.2, 0.25) is 0 Å². The molecular weight excluding hydrogens is 338 g/mol. The summed E-state index contributed by atoms with van der Waals surface area (Å²) in [6.45, 7) is 2.66. The summed E-state index contributed by atoms with van der Waals surface area (Å²) in [5, 5.41) is 18.5. The van der Waals surface area contributed by atoms with Crippen molar-refractivity contribution in [3.05, 3.63) is 29.8 Å². The molecule has 1 aromatic carbocycles. The largest absolute Gasteiger partial charge is 0.494 e. The molecule has 0 aliphatic rings. The van der Waals surface area contributed by atoms with Crippen molar-refractivity contribution in [3.63, 3.8) is 0 Å². The first-order valence-electron chi connectivity index (χ1n) is 10.9. The Bertz CT molecular complexity index is 474. The SMILES string of the molecule is CCCCCCCCCCCOc1cccc(CCCC(N)(CO)CO)c1. The predicted molar refractivity (Wildman–Crippen MR) is 113 cm³/mol. The van der Waals surface area contributed by atoms with Gasteiger partial charge in [0, 0.05) is 0 Å². The Morgan fingerprint density at radius 3 is 2.15 bits per heavy atom. The molecule has 0 aliphatic carbocycles. The highest BCUT2D eigenvalue weighted by molar-refractivity contribution is 5.28. The maximum atomic E-state index is 9.24. The van der Waals surface area contributed by atoms with E-state index in [1.807, 2.05) is 12.1 Å². The van der Waals surface area contributed by atoms with Gasteiger partial charge >= 0.3 is 0 Å². The van der Waals surface area contributed by atoms with E-state index in [2.05, 4.69) is 19.1 Å². The lowest BCUT2D eigenvalue weighted by Crippen LogP contribution is -2.47. The van der Waals surface area contributed by atoms with Gasteiger partial charge in [-0.1, -0.05) is 70.4 Å². The number of benzene rings is 1. The van der Waals surface area contributed by atoms with Gasteiger partial charge in [0.1, 0.15) is 5.75 Å². The molecule has 4 nitrogen and oxygen atoms in total. The van der Waals surface area contributed by atoms with Gasteiger partial charge in [-0.2, -0.15) is 0 Å². The van der Waals surface area contributed by atoms with E-state index in [1.165, 1.54) is 56.9 Å². The number of aliphatic hydroxyl groups excluding tert-OH is 2. The Labute approximate surface area is 166 Å². The molecule has 1 rings (SSSR count). The number of aliphatic hydroxyl groups is 2. The lowest BCUT2D eigenvalue weighted by molar-refractivity contribution is 0.113. The average Bonchev–Trinajstić information content (AvgIpc) is 2.69. The predicted octanol–water partition coefficient (Wildman–Crippen LogP) is 4.60. The summed E-state index contributed by atoms with van der Waals surface area (Å²) in [6, 6.07) is 8.20. The van der Waals surface area contributed by atoms with Crippen molar-refractivity contribution in [2.75, 3.05) is 19.8 Å². The summed E-state index contributed by atoms with van der Waals surface area (Å²) in [4.78, 5) is 0. The number of aryl methyl sites for hydroxylation is 1. The molecule has 0 radical (unpaired) electrons. The van der Waals surface area contributed by atoms with Crippen LogP contribution in [-0.4, -0.2) is 35.6 Å². The number of ether oxygens (including phenoxy) is 1. The van der Waals surface area contributed by atoms with Gasteiger partial charge < -0.3 is 20.7 Å². The minimum Gasteiger partial charge on any atom is -0.494 e. The first kappa shape index (κ1) is 23.9. The topological polar surface area (TPSA) is 75.7 Å². The van der Waals surface area contributed by atoms with Crippen LogP contribution in [0.25, 0.3) is 0 Å². The molecular formula is C23H41NO3. The van der Waals surface area contributed by atoms with E-state index >= 15 is 0 Å². The number of hydrogen-bond donors (Lipinski definition) is 3. The van der Waals surface area contributed by atoms with E-state index in [-0.39, 0.29) is 13.2 Å². The van der Waals surface area contributed by atoms with Gasteiger partial charge in [0.05, 0.1) is 25.4 Å². The van der Waals surface area contributed by atoms with E-state index < -0.39 is 5.54 Å². The molecule has 0 amide bonds. The minimum atomic E-state index is -0.871. The molecule has 0 heterocycles. The molecule has 0 bridgehead atoms. The molecule has 0 atom stereocenters. The van der Waals surface area contributed by atoms with Gasteiger partial charge in [-0.15, -0.1) is 0 Å². The third-order valence-corrected chi connectivity index (χ3v) is 5.18. The molecule has 0 aromatic heterocycles. The summed E-state index contributed by atoms with van der Waals surface area (Å²) in [5.74, 6) is 0.926. The second kappa shape index (κ2) is 14.9. The van der Waals surface area contributed by atoms with E-state index in [4.69, 9.17) is 10.5 Å². The van der Waals surface area contributed by atoms with Gasteiger partial charge in [-0.25, -0.2) is 0 Å². The molecule has 0 unspecified atom stereocenters. The van der Waals surface area contributed by atoms with Crippen molar-refractivity contribution in [1.82, 2.24) is 0 Å². The summed E-state index contributed by atoms with van der Waals surface area (Å²) < 4.78 is 5.89. The van der Waals surface area contributed by atoms with Crippen LogP contribution in [-0.2, 0) is 6.42 Å². The Hall–Kier alpha value is -1.10. The van der Waals surface area contributed by atoms with Gasteiger partial charge in [-0.05, 0) is 43.4 Å². The van der Waals surface area contributed by atoms with Crippen LogP contribution < -0.4 is 10.5 Å². The molecule has 0 saturated carbocycles. The van der Waals surface area contributed by atoms with E-state index in [1.54, 1.807) is 0 Å². The number of unbranched alkanes of at least 4 members (excludes halogenated alkanes) is 8. The maximum Gasteiger partial charge on any atom is 0.119 e. The van der Waals surface area contributed by atoms with Crippen molar-refractivity contribution in [3.8, 4) is 5.75 Å². The second-order valence-corrected chi connectivity index (χ2v) is 7.86. The molecule has 0 fully saturated rings. The zero-order valence-electron chi connectivity index (χ0n) is 17.3. The van der Waals surface area contributed by atoms with Gasteiger partial charge in [0.2, 0.25) is 0 Å². The maximum absolute atomic E-state index is 9.24. The first-order valence-corrected chi connectivity index (χ1v) is 10.9. The monoisotopic (exact) mass is 379 g/mol. The third-order valence-electron chi connectivity index (χ3n) is 5.18. The summed E-state index contributed by atoms with van der Waals surface area (Å²) in [6.07, 6.45) is 14.2.